The van der Waals surface area contributed by atoms with Crippen molar-refractivity contribution in [3.63, 3.8) is 0 Å². The number of carboxylic acid groups (broad SMARTS) is 1. The number of rotatable bonds is 4. The van der Waals surface area contributed by atoms with Crippen molar-refractivity contribution >= 4 is 11.9 Å². The zero-order valence-electron chi connectivity index (χ0n) is 12.1. The van der Waals surface area contributed by atoms with Crippen LogP contribution in [0.4, 0.5) is 0 Å². The summed E-state index contributed by atoms with van der Waals surface area (Å²) in [6.45, 7) is 4.18. The Balaban J connectivity index is 2.07. The largest absolute Gasteiger partial charge is 0.481 e. The Bertz CT molecular complexity index is 512. The molecule has 1 aliphatic heterocycles. The van der Waals surface area contributed by atoms with E-state index in [-0.39, 0.29) is 17.9 Å². The van der Waals surface area contributed by atoms with Crippen LogP contribution in [0.25, 0.3) is 0 Å². The number of hydrogen-bond donors (Lipinski definition) is 1. The molecular weight excluding hydrogens is 258 g/mol. The fourth-order valence-electron chi connectivity index (χ4n) is 3.05. The molecule has 0 spiro atoms. The molecule has 0 aromatic carbocycles. The normalized spacial score (nSPS) is 26.9. The maximum absolute atomic E-state index is 12.1. The van der Waals surface area contributed by atoms with E-state index in [0.29, 0.717) is 19.4 Å². The molecule has 1 aliphatic rings. The van der Waals surface area contributed by atoms with Gasteiger partial charge in [-0.15, -0.1) is 0 Å². The van der Waals surface area contributed by atoms with Crippen LogP contribution in [0.1, 0.15) is 26.1 Å². The third-order valence-electron chi connectivity index (χ3n) is 4.22. The summed E-state index contributed by atoms with van der Waals surface area (Å²) in [5.41, 5.74) is 0. The second-order valence-corrected chi connectivity index (χ2v) is 5.58. The molecule has 3 unspecified atom stereocenters. The number of aromatic nitrogens is 2. The zero-order valence-corrected chi connectivity index (χ0v) is 12.1. The lowest BCUT2D eigenvalue weighted by Crippen LogP contribution is -2.53. The van der Waals surface area contributed by atoms with Gasteiger partial charge in [-0.05, 0) is 12.8 Å². The Morgan fingerprint density at radius 3 is 2.75 bits per heavy atom. The summed E-state index contributed by atoms with van der Waals surface area (Å²) in [6, 6.07) is -0.274. The molecule has 1 aromatic rings. The fraction of sp³-hybridized carbons (Fsp3) is 0.643. The summed E-state index contributed by atoms with van der Waals surface area (Å²) < 4.78 is 1.91. The number of carbonyl (C=O) groups excluding carboxylic acids is 1. The van der Waals surface area contributed by atoms with Gasteiger partial charge in [-0.25, -0.2) is 4.98 Å². The molecule has 20 heavy (non-hydrogen) atoms. The molecule has 6 heteroatoms. The van der Waals surface area contributed by atoms with Crippen molar-refractivity contribution in [2.75, 3.05) is 6.54 Å². The second-order valence-electron chi connectivity index (χ2n) is 5.58. The molecule has 1 aromatic heterocycles. The second kappa shape index (κ2) is 5.64. The lowest BCUT2D eigenvalue weighted by molar-refractivity contribution is -0.154. The van der Waals surface area contributed by atoms with Gasteiger partial charge in [0.25, 0.3) is 0 Å². The smallest absolute Gasteiger partial charge is 0.308 e. The highest BCUT2D eigenvalue weighted by molar-refractivity contribution is 5.81. The molecule has 110 valence electrons. The minimum atomic E-state index is -0.820. The van der Waals surface area contributed by atoms with Gasteiger partial charge in [0, 0.05) is 44.9 Å². The molecule has 0 bridgehead atoms. The molecule has 1 fully saturated rings. The van der Waals surface area contributed by atoms with E-state index < -0.39 is 11.9 Å². The first-order valence-corrected chi connectivity index (χ1v) is 6.90. The van der Waals surface area contributed by atoms with E-state index in [1.165, 1.54) is 0 Å². The fourth-order valence-corrected chi connectivity index (χ4v) is 3.05. The van der Waals surface area contributed by atoms with Crippen LogP contribution in [0.3, 0.4) is 0 Å². The minimum absolute atomic E-state index is 0.0386. The molecule has 2 rings (SSSR count). The molecule has 1 amide bonds. The SMILES string of the molecule is CC1CC(=O)N(CCc2nccn2C)C(C)C1C(=O)O. The number of amides is 1. The number of carboxylic acids is 1. The van der Waals surface area contributed by atoms with Gasteiger partial charge < -0.3 is 14.6 Å². The summed E-state index contributed by atoms with van der Waals surface area (Å²) in [4.78, 5) is 29.4. The van der Waals surface area contributed by atoms with Crippen molar-refractivity contribution in [1.29, 1.82) is 0 Å². The summed E-state index contributed by atoms with van der Waals surface area (Å²) in [5, 5.41) is 9.33. The van der Waals surface area contributed by atoms with Crippen LogP contribution in [-0.4, -0.2) is 44.0 Å². The van der Waals surface area contributed by atoms with Crippen LogP contribution in [0, 0.1) is 11.8 Å². The number of aliphatic carboxylic acids is 1. The van der Waals surface area contributed by atoms with E-state index in [0.717, 1.165) is 5.82 Å². The maximum atomic E-state index is 12.1. The van der Waals surface area contributed by atoms with Crippen LogP contribution in [0.2, 0.25) is 0 Å². The molecule has 1 N–H and O–H groups in total. The van der Waals surface area contributed by atoms with E-state index in [1.807, 2.05) is 31.7 Å². The first-order chi connectivity index (χ1) is 9.41. The van der Waals surface area contributed by atoms with Crippen LogP contribution in [0.5, 0.6) is 0 Å². The molecule has 2 heterocycles. The van der Waals surface area contributed by atoms with Crippen LogP contribution < -0.4 is 0 Å². The van der Waals surface area contributed by atoms with E-state index in [1.54, 1.807) is 11.1 Å². The zero-order chi connectivity index (χ0) is 14.9. The molecule has 1 saturated heterocycles. The number of nitrogens with zero attached hydrogens (tertiary/aromatic N) is 3. The van der Waals surface area contributed by atoms with Crippen molar-refractivity contribution in [1.82, 2.24) is 14.5 Å². The lowest BCUT2D eigenvalue weighted by Gasteiger charge is -2.40. The van der Waals surface area contributed by atoms with E-state index in [9.17, 15) is 14.7 Å². The van der Waals surface area contributed by atoms with Crippen LogP contribution in [-0.2, 0) is 23.1 Å². The Labute approximate surface area is 118 Å². The highest BCUT2D eigenvalue weighted by Crippen LogP contribution is 2.30. The van der Waals surface area contributed by atoms with Crippen molar-refractivity contribution < 1.29 is 14.7 Å². The highest BCUT2D eigenvalue weighted by Gasteiger charge is 2.41. The van der Waals surface area contributed by atoms with E-state index >= 15 is 0 Å². The number of imidazole rings is 1. The van der Waals surface area contributed by atoms with Crippen molar-refractivity contribution in [2.24, 2.45) is 18.9 Å². The first-order valence-electron chi connectivity index (χ1n) is 6.90. The maximum Gasteiger partial charge on any atom is 0.308 e. The topological polar surface area (TPSA) is 75.4 Å². The van der Waals surface area contributed by atoms with Crippen LogP contribution >= 0.6 is 0 Å². The van der Waals surface area contributed by atoms with Gasteiger partial charge in [0.1, 0.15) is 5.82 Å². The van der Waals surface area contributed by atoms with Gasteiger partial charge in [-0.3, -0.25) is 9.59 Å². The molecule has 6 nitrogen and oxygen atoms in total. The molecule has 0 aliphatic carbocycles. The summed E-state index contributed by atoms with van der Waals surface area (Å²) >= 11 is 0. The van der Waals surface area contributed by atoms with Gasteiger partial charge >= 0.3 is 5.97 Å². The number of likely N-dealkylation sites (tertiary alicyclic amines) is 1. The predicted molar refractivity (Wildman–Crippen MR) is 73.0 cm³/mol. The predicted octanol–water partition coefficient (Wildman–Crippen LogP) is 0.920. The highest BCUT2D eigenvalue weighted by atomic mass is 16.4. The van der Waals surface area contributed by atoms with Crippen molar-refractivity contribution in [2.45, 2.75) is 32.7 Å². The van der Waals surface area contributed by atoms with Crippen molar-refractivity contribution in [3.05, 3.63) is 18.2 Å². The van der Waals surface area contributed by atoms with E-state index in [2.05, 4.69) is 4.98 Å². The molecule has 3 atom stereocenters. The van der Waals surface area contributed by atoms with Gasteiger partial charge in [-0.1, -0.05) is 6.92 Å². The van der Waals surface area contributed by atoms with E-state index in [4.69, 9.17) is 0 Å². The van der Waals surface area contributed by atoms with Crippen LogP contribution in [0.15, 0.2) is 12.4 Å². The van der Waals surface area contributed by atoms with Gasteiger partial charge in [0.05, 0.1) is 5.92 Å². The first kappa shape index (κ1) is 14.6. The van der Waals surface area contributed by atoms with Crippen molar-refractivity contribution in [3.8, 4) is 0 Å². The van der Waals surface area contributed by atoms with Gasteiger partial charge in [-0.2, -0.15) is 0 Å². The Morgan fingerprint density at radius 2 is 2.20 bits per heavy atom. The standard InChI is InChI=1S/C14H21N3O3/c1-9-8-12(18)17(10(2)13(9)14(19)20)6-4-11-15-5-7-16(11)3/h5,7,9-10,13H,4,6,8H2,1-3H3,(H,19,20). The average Bonchev–Trinajstić information content (AvgIpc) is 2.73. The van der Waals surface area contributed by atoms with Gasteiger partial charge in [0.2, 0.25) is 5.91 Å². The number of aryl methyl sites for hydroxylation is 1. The summed E-state index contributed by atoms with van der Waals surface area (Å²) in [5.74, 6) is -0.486. The minimum Gasteiger partial charge on any atom is -0.481 e. The molecule has 0 saturated carbocycles. The third-order valence-corrected chi connectivity index (χ3v) is 4.22. The molecule has 0 radical (unpaired) electrons. The number of hydrogen-bond acceptors (Lipinski definition) is 3. The molecular formula is C14H21N3O3. The Hall–Kier alpha value is -1.85. The average molecular weight is 279 g/mol. The third kappa shape index (κ3) is 2.69. The number of piperidine rings is 1. The quantitative estimate of drug-likeness (QED) is 0.889. The lowest BCUT2D eigenvalue weighted by atomic mass is 9.81. The summed E-state index contributed by atoms with van der Waals surface area (Å²) in [6.07, 6.45) is 4.53. The monoisotopic (exact) mass is 279 g/mol. The Morgan fingerprint density at radius 1 is 1.50 bits per heavy atom. The number of carbonyl (C=O) groups is 2. The summed E-state index contributed by atoms with van der Waals surface area (Å²) in [7, 11) is 1.91. The van der Waals surface area contributed by atoms with Gasteiger partial charge in [0.15, 0.2) is 0 Å². The Kier molecular flexibility index (Phi) is 4.11.